The number of ether oxygens (including phenoxy) is 6. The van der Waals surface area contributed by atoms with Gasteiger partial charge in [-0.25, -0.2) is 4.79 Å². The van der Waals surface area contributed by atoms with E-state index in [2.05, 4.69) is 24.5 Å². The number of rotatable bonds is 48. The Kier molecular flexibility index (Phi) is 39.7. The molecule has 23 nitrogen and oxygen atoms in total. The fourth-order valence-corrected chi connectivity index (χ4v) is 11.5. The molecule has 0 aliphatic carbocycles. The van der Waals surface area contributed by atoms with Crippen LogP contribution in [0.25, 0.3) is 0 Å². The van der Waals surface area contributed by atoms with Gasteiger partial charge in [-0.15, -0.1) is 0 Å². The van der Waals surface area contributed by atoms with Crippen LogP contribution in [-0.2, 0) is 42.8 Å². The monoisotopic (exact) mass is 1220 g/mol. The smallest absolute Gasteiger partial charge is 0.364 e. The molecule has 3 rings (SSSR count). The molecule has 3 aliphatic rings. The highest BCUT2D eigenvalue weighted by atomic mass is 16.8. The van der Waals surface area contributed by atoms with Crippen molar-refractivity contribution in [2.24, 2.45) is 0 Å². The molecular weight excluding hydrogens is 1110 g/mol. The summed E-state index contributed by atoms with van der Waals surface area (Å²) in [6, 6.07) is -2.61. The number of carboxylic acid groups (broad SMARTS) is 1. The van der Waals surface area contributed by atoms with Crippen LogP contribution in [0.3, 0.4) is 0 Å². The van der Waals surface area contributed by atoms with Gasteiger partial charge >= 0.3 is 5.97 Å². The van der Waals surface area contributed by atoms with E-state index in [1.807, 2.05) is 6.08 Å². The maximum atomic E-state index is 13.4. The number of nitrogens with one attached hydrogen (secondary N) is 2. The van der Waals surface area contributed by atoms with E-state index in [-0.39, 0.29) is 12.3 Å². The SMILES string of the molecule is CCCCCCCCCCCCCCCCCCCC/C=C/C(O)C(COC1OC(CO)C(OC2OC(CO)C(O)C(OC3(C(=O)O)CC(O)C(NC(C)=O)C(C(O)C(O)CO)O3)C2O)C(O)C1O)NC(=O)CCCCCCCCCCCCC. The molecule has 0 spiro atoms. The van der Waals surface area contributed by atoms with Crippen LogP contribution in [0.1, 0.15) is 226 Å². The summed E-state index contributed by atoms with van der Waals surface area (Å²) in [6.07, 6.45) is 9.90. The first-order valence-electron chi connectivity index (χ1n) is 32.6. The Labute approximate surface area is 505 Å². The van der Waals surface area contributed by atoms with Crippen LogP contribution in [0.15, 0.2) is 12.2 Å². The molecule has 498 valence electrons. The Hall–Kier alpha value is -2.53. The van der Waals surface area contributed by atoms with Crippen molar-refractivity contribution in [3.63, 3.8) is 0 Å². The quantitative estimate of drug-likeness (QED) is 0.0298. The first kappa shape index (κ1) is 76.7. The average molecular weight is 1220 g/mol. The Morgan fingerprint density at radius 2 is 1.09 bits per heavy atom. The highest BCUT2D eigenvalue weighted by Gasteiger charge is 2.60. The van der Waals surface area contributed by atoms with Crippen molar-refractivity contribution < 1.29 is 104 Å². The number of amides is 2. The van der Waals surface area contributed by atoms with Gasteiger partial charge in [-0.1, -0.05) is 199 Å². The summed E-state index contributed by atoms with van der Waals surface area (Å²) in [5.74, 6) is -6.14. The highest BCUT2D eigenvalue weighted by molar-refractivity contribution is 5.77. The molecule has 18 unspecified atom stereocenters. The molecule has 0 saturated carbocycles. The van der Waals surface area contributed by atoms with Crippen molar-refractivity contribution in [1.29, 1.82) is 0 Å². The summed E-state index contributed by atoms with van der Waals surface area (Å²) in [4.78, 5) is 38.4. The molecule has 2 amide bonds. The number of unbranched alkanes of at least 4 members (excludes halogenated alkanes) is 28. The van der Waals surface area contributed by atoms with Crippen molar-refractivity contribution in [2.45, 2.75) is 336 Å². The van der Waals surface area contributed by atoms with Crippen LogP contribution in [0.2, 0.25) is 0 Å². The van der Waals surface area contributed by atoms with E-state index in [0.29, 0.717) is 12.8 Å². The molecular formula is C62H114N2O21. The summed E-state index contributed by atoms with van der Waals surface area (Å²) in [5.41, 5.74) is 0. The number of allylic oxidation sites excluding steroid dienone is 1. The van der Waals surface area contributed by atoms with Gasteiger partial charge in [0.05, 0.1) is 50.7 Å². The van der Waals surface area contributed by atoms with Gasteiger partial charge in [0.15, 0.2) is 12.6 Å². The third-order valence-corrected chi connectivity index (χ3v) is 16.7. The first-order valence-corrected chi connectivity index (χ1v) is 32.6. The number of hydrogen-bond donors (Lipinski definition) is 14. The minimum absolute atomic E-state index is 0.203. The lowest BCUT2D eigenvalue weighted by Gasteiger charge is -2.50. The standard InChI is InChI=1S/C62H114N2O21/c1-4-6-8-10-12-14-16-17-18-19-20-21-22-23-24-26-27-29-31-33-35-44(69)43(64-49(72)36-34-32-30-28-25-15-13-11-9-7-5-2)41-80-59-54(76)53(75)56(48(40-67)82-59)83-60-55(77)58(52(74)47(39-66)81-60)85-62(61(78)79)37-45(70)50(63-42(3)68)57(84-62)51(73)46(71)38-65/h33,35,43-48,50-60,65-67,69-71,73-77H,4-32,34,36-41H2,1-3H3,(H,63,68)(H,64,72)(H,78,79)/b35-33+. The van der Waals surface area contributed by atoms with Crippen LogP contribution < -0.4 is 10.6 Å². The molecule has 3 aliphatic heterocycles. The van der Waals surface area contributed by atoms with Crippen LogP contribution in [0, 0.1) is 0 Å². The van der Waals surface area contributed by atoms with Gasteiger partial charge in [0.25, 0.3) is 5.79 Å². The topological polar surface area (TPSA) is 373 Å². The molecule has 0 aromatic rings. The maximum Gasteiger partial charge on any atom is 0.364 e. The van der Waals surface area contributed by atoms with Crippen molar-refractivity contribution in [3.8, 4) is 0 Å². The molecule has 3 fully saturated rings. The van der Waals surface area contributed by atoms with Crippen molar-refractivity contribution in [3.05, 3.63) is 12.2 Å². The molecule has 3 heterocycles. The number of hydrogen-bond acceptors (Lipinski definition) is 20. The van der Waals surface area contributed by atoms with Crippen LogP contribution in [0.5, 0.6) is 0 Å². The number of carbonyl (C=O) groups excluding carboxylic acids is 2. The van der Waals surface area contributed by atoms with E-state index in [1.165, 1.54) is 135 Å². The van der Waals surface area contributed by atoms with Gasteiger partial charge in [0, 0.05) is 19.8 Å². The Balaban J connectivity index is 1.63. The molecule has 3 saturated heterocycles. The minimum Gasteiger partial charge on any atom is -0.477 e. The number of aliphatic carboxylic acids is 1. The molecule has 18 atom stereocenters. The van der Waals surface area contributed by atoms with E-state index in [4.69, 9.17) is 28.4 Å². The second kappa shape index (κ2) is 44.0. The maximum absolute atomic E-state index is 13.4. The van der Waals surface area contributed by atoms with E-state index >= 15 is 0 Å². The average Bonchev–Trinajstić information content (AvgIpc) is 2.28. The molecule has 0 bridgehead atoms. The normalized spacial score (nSPS) is 29.6. The molecule has 85 heavy (non-hydrogen) atoms. The summed E-state index contributed by atoms with van der Waals surface area (Å²) < 4.78 is 34.7. The number of aliphatic hydroxyl groups excluding tert-OH is 11. The zero-order chi connectivity index (χ0) is 62.6. The summed E-state index contributed by atoms with van der Waals surface area (Å²) >= 11 is 0. The fraction of sp³-hybridized carbons (Fsp3) is 0.919. The Morgan fingerprint density at radius 1 is 0.612 bits per heavy atom. The molecule has 14 N–H and O–H groups in total. The van der Waals surface area contributed by atoms with Crippen LogP contribution >= 0.6 is 0 Å². The minimum atomic E-state index is -3.08. The summed E-state index contributed by atoms with van der Waals surface area (Å²) in [5, 5.41) is 136. The van der Waals surface area contributed by atoms with E-state index in [0.717, 1.165) is 51.9 Å². The second-order valence-electron chi connectivity index (χ2n) is 24.0. The van der Waals surface area contributed by atoms with Gasteiger partial charge < -0.3 is 100 Å². The summed E-state index contributed by atoms with van der Waals surface area (Å²) in [6.45, 7) is 2.11. The van der Waals surface area contributed by atoms with E-state index in [1.54, 1.807) is 6.08 Å². The van der Waals surface area contributed by atoms with Gasteiger partial charge in [-0.2, -0.15) is 0 Å². The molecule has 0 aromatic heterocycles. The third-order valence-electron chi connectivity index (χ3n) is 16.7. The van der Waals surface area contributed by atoms with E-state index < -0.39 is 155 Å². The molecule has 23 heteroatoms. The lowest BCUT2D eigenvalue weighted by atomic mass is 9.88. The van der Waals surface area contributed by atoms with Crippen LogP contribution in [-0.4, -0.2) is 215 Å². The van der Waals surface area contributed by atoms with Crippen molar-refractivity contribution in [1.82, 2.24) is 10.6 Å². The zero-order valence-electron chi connectivity index (χ0n) is 51.5. The highest BCUT2D eigenvalue weighted by Crippen LogP contribution is 2.38. The number of carboxylic acids is 1. The predicted octanol–water partition coefficient (Wildman–Crippen LogP) is 4.34. The Morgan fingerprint density at radius 3 is 1.56 bits per heavy atom. The largest absolute Gasteiger partial charge is 0.477 e. The Bertz CT molecular complexity index is 1790. The number of carbonyl (C=O) groups is 3. The van der Waals surface area contributed by atoms with Gasteiger partial charge in [-0.05, 0) is 19.3 Å². The van der Waals surface area contributed by atoms with Crippen LogP contribution in [0.4, 0.5) is 0 Å². The van der Waals surface area contributed by atoms with Crippen molar-refractivity contribution in [2.75, 3.05) is 26.4 Å². The fourth-order valence-electron chi connectivity index (χ4n) is 11.5. The lowest BCUT2D eigenvalue weighted by molar-refractivity contribution is -0.386. The lowest BCUT2D eigenvalue weighted by Crippen LogP contribution is -2.70. The van der Waals surface area contributed by atoms with E-state index in [9.17, 15) is 75.7 Å². The number of aliphatic hydroxyl groups is 11. The first-order chi connectivity index (χ1) is 40.9. The summed E-state index contributed by atoms with van der Waals surface area (Å²) in [7, 11) is 0. The zero-order valence-corrected chi connectivity index (χ0v) is 51.5. The van der Waals surface area contributed by atoms with Crippen molar-refractivity contribution >= 4 is 17.8 Å². The molecule has 0 radical (unpaired) electrons. The third kappa shape index (κ3) is 27.6. The predicted molar refractivity (Wildman–Crippen MR) is 315 cm³/mol. The van der Waals surface area contributed by atoms with Gasteiger partial charge in [0.1, 0.15) is 67.1 Å². The van der Waals surface area contributed by atoms with Gasteiger partial charge in [0.2, 0.25) is 11.8 Å². The van der Waals surface area contributed by atoms with Gasteiger partial charge in [-0.3, -0.25) is 9.59 Å². The molecule has 0 aromatic carbocycles. The second-order valence-corrected chi connectivity index (χ2v) is 24.0.